The lowest BCUT2D eigenvalue weighted by atomic mass is 10.0. The van der Waals surface area contributed by atoms with E-state index >= 15 is 0 Å². The molecule has 0 unspecified atom stereocenters. The third-order valence-corrected chi connectivity index (χ3v) is 3.70. The van der Waals surface area contributed by atoms with E-state index in [0.29, 0.717) is 16.8 Å². The highest BCUT2D eigenvalue weighted by molar-refractivity contribution is 6.15. The molecule has 2 aromatic carbocycles. The molecular weight excluding hydrogens is 262 g/mol. The van der Waals surface area contributed by atoms with Gasteiger partial charge in [0.2, 0.25) is 0 Å². The Bertz CT molecular complexity index is 757. The van der Waals surface area contributed by atoms with Crippen LogP contribution in [0.3, 0.4) is 0 Å². The van der Waals surface area contributed by atoms with Crippen molar-refractivity contribution in [2.45, 2.75) is 6.92 Å². The van der Waals surface area contributed by atoms with E-state index in [1.54, 1.807) is 25.2 Å². The van der Waals surface area contributed by atoms with Crippen LogP contribution in [0.4, 0.5) is 0 Å². The number of amides is 1. The highest BCUT2D eigenvalue weighted by Crippen LogP contribution is 2.31. The third-order valence-electron chi connectivity index (χ3n) is 3.70. The smallest absolute Gasteiger partial charge is 0.258 e. The Morgan fingerprint density at radius 3 is 2.29 bits per heavy atom. The highest BCUT2D eigenvalue weighted by atomic mass is 16.2. The van der Waals surface area contributed by atoms with Gasteiger partial charge >= 0.3 is 0 Å². The van der Waals surface area contributed by atoms with Gasteiger partial charge in [0.1, 0.15) is 0 Å². The Kier molecular flexibility index (Phi) is 3.18. The number of aryl methyl sites for hydroxylation is 1. The Morgan fingerprint density at radius 1 is 1.00 bits per heavy atom. The van der Waals surface area contributed by atoms with Crippen LogP contribution in [0.2, 0.25) is 0 Å². The summed E-state index contributed by atoms with van der Waals surface area (Å²) >= 11 is 0. The van der Waals surface area contributed by atoms with Crippen LogP contribution < -0.4 is 0 Å². The van der Waals surface area contributed by atoms with Gasteiger partial charge in [-0.25, -0.2) is 0 Å². The van der Waals surface area contributed by atoms with E-state index in [-0.39, 0.29) is 11.7 Å². The number of benzene rings is 2. The van der Waals surface area contributed by atoms with Crippen molar-refractivity contribution in [3.8, 4) is 0 Å². The van der Waals surface area contributed by atoms with Crippen LogP contribution in [0.5, 0.6) is 0 Å². The van der Waals surface area contributed by atoms with Gasteiger partial charge in [0.25, 0.3) is 5.91 Å². The minimum Gasteiger partial charge on any atom is -0.311 e. The first-order chi connectivity index (χ1) is 10.1. The molecule has 0 fully saturated rings. The Labute approximate surface area is 123 Å². The van der Waals surface area contributed by atoms with Gasteiger partial charge in [-0.2, -0.15) is 0 Å². The number of nitrogens with zero attached hydrogens (tertiary/aromatic N) is 1. The van der Waals surface area contributed by atoms with Crippen LogP contribution in [0, 0.1) is 6.92 Å². The van der Waals surface area contributed by atoms with Gasteiger partial charge in [0.05, 0.1) is 5.70 Å². The predicted octanol–water partition coefficient (Wildman–Crippen LogP) is 3.30. The number of ketones is 1. The minimum absolute atomic E-state index is 0.0754. The van der Waals surface area contributed by atoms with Crippen molar-refractivity contribution >= 4 is 17.4 Å². The molecule has 1 heterocycles. The fourth-order valence-corrected chi connectivity index (χ4v) is 2.46. The summed E-state index contributed by atoms with van der Waals surface area (Å²) in [5, 5.41) is 0. The molecule has 0 N–H and O–H groups in total. The number of hydrogen-bond donors (Lipinski definition) is 0. The Morgan fingerprint density at radius 2 is 1.62 bits per heavy atom. The topological polar surface area (TPSA) is 37.4 Å². The molecule has 3 rings (SSSR count). The summed E-state index contributed by atoms with van der Waals surface area (Å²) < 4.78 is 0. The maximum atomic E-state index is 12.4. The number of carbonyl (C=O) groups is 2. The van der Waals surface area contributed by atoms with E-state index in [1.165, 1.54) is 11.0 Å². The van der Waals surface area contributed by atoms with Crippen LogP contribution in [-0.2, 0) is 0 Å². The lowest BCUT2D eigenvalue weighted by molar-refractivity contribution is 0.0874. The van der Waals surface area contributed by atoms with Crippen LogP contribution in [0.1, 0.15) is 31.8 Å². The van der Waals surface area contributed by atoms with Crippen molar-refractivity contribution in [3.05, 3.63) is 76.9 Å². The second-order valence-electron chi connectivity index (χ2n) is 5.17. The van der Waals surface area contributed by atoms with Crippen molar-refractivity contribution in [1.82, 2.24) is 4.90 Å². The summed E-state index contributed by atoms with van der Waals surface area (Å²) in [6.45, 7) is 1.98. The number of rotatable bonds is 2. The first-order valence-electron chi connectivity index (χ1n) is 6.78. The van der Waals surface area contributed by atoms with Gasteiger partial charge in [-0.1, -0.05) is 48.0 Å². The van der Waals surface area contributed by atoms with Crippen molar-refractivity contribution in [3.63, 3.8) is 0 Å². The second-order valence-corrected chi connectivity index (χ2v) is 5.17. The zero-order valence-corrected chi connectivity index (χ0v) is 12.0. The maximum absolute atomic E-state index is 12.4. The van der Waals surface area contributed by atoms with Crippen molar-refractivity contribution in [2.75, 3.05) is 7.05 Å². The van der Waals surface area contributed by atoms with Crippen LogP contribution in [0.15, 0.2) is 54.6 Å². The summed E-state index contributed by atoms with van der Waals surface area (Å²) in [5.41, 5.74) is 3.84. The first-order valence-corrected chi connectivity index (χ1v) is 6.78. The SMILES string of the molecule is Cc1ccc(C(=O)/C=C2/c3ccccc3C(=O)N2C)cc1. The standard InChI is InChI=1S/C18H15NO2/c1-12-7-9-13(10-8-12)17(20)11-16-14-5-3-4-6-15(14)18(21)19(16)2/h3-11H,1-2H3/b16-11-. The van der Waals surface area contributed by atoms with E-state index in [9.17, 15) is 9.59 Å². The van der Waals surface area contributed by atoms with Crippen LogP contribution in [0.25, 0.3) is 5.70 Å². The third kappa shape index (κ3) is 2.27. The first kappa shape index (κ1) is 13.3. The molecular formula is C18H15NO2. The Hall–Kier alpha value is -2.68. The largest absolute Gasteiger partial charge is 0.311 e. The fourth-order valence-electron chi connectivity index (χ4n) is 2.46. The molecule has 3 heteroatoms. The van der Waals surface area contributed by atoms with E-state index in [4.69, 9.17) is 0 Å². The lowest BCUT2D eigenvalue weighted by Crippen LogP contribution is -2.17. The average molecular weight is 277 g/mol. The fraction of sp³-hybridized carbons (Fsp3) is 0.111. The summed E-state index contributed by atoms with van der Waals surface area (Å²) in [6, 6.07) is 14.8. The summed E-state index contributed by atoms with van der Waals surface area (Å²) in [5.74, 6) is -0.171. The molecule has 1 aliphatic rings. The van der Waals surface area contributed by atoms with E-state index in [0.717, 1.165) is 11.1 Å². The molecule has 1 amide bonds. The molecule has 0 atom stereocenters. The maximum Gasteiger partial charge on any atom is 0.258 e. The van der Waals surface area contributed by atoms with Crippen LogP contribution >= 0.6 is 0 Å². The Balaban J connectivity index is 2.02. The summed E-state index contributed by atoms with van der Waals surface area (Å²) in [4.78, 5) is 26.0. The number of hydrogen-bond acceptors (Lipinski definition) is 2. The molecule has 21 heavy (non-hydrogen) atoms. The molecule has 0 radical (unpaired) electrons. The van der Waals surface area contributed by atoms with Gasteiger partial charge in [0, 0.05) is 29.8 Å². The van der Waals surface area contributed by atoms with E-state index in [1.807, 2.05) is 37.3 Å². The molecule has 3 nitrogen and oxygen atoms in total. The number of allylic oxidation sites excluding steroid dienone is 1. The average Bonchev–Trinajstić information content (AvgIpc) is 2.73. The molecule has 1 aliphatic heterocycles. The lowest BCUT2D eigenvalue weighted by Gasteiger charge is -2.10. The van der Waals surface area contributed by atoms with Crippen molar-refractivity contribution in [1.29, 1.82) is 0 Å². The van der Waals surface area contributed by atoms with Gasteiger partial charge < -0.3 is 4.90 Å². The molecule has 0 saturated heterocycles. The normalized spacial score (nSPS) is 15.4. The summed E-state index contributed by atoms with van der Waals surface area (Å²) in [7, 11) is 1.69. The van der Waals surface area contributed by atoms with Gasteiger partial charge in [-0.3, -0.25) is 9.59 Å². The zero-order valence-electron chi connectivity index (χ0n) is 12.0. The molecule has 0 spiro atoms. The van der Waals surface area contributed by atoms with Crippen LogP contribution in [-0.4, -0.2) is 23.6 Å². The molecule has 104 valence electrons. The monoisotopic (exact) mass is 277 g/mol. The van der Waals surface area contributed by atoms with E-state index < -0.39 is 0 Å². The van der Waals surface area contributed by atoms with Gasteiger partial charge in [-0.05, 0) is 13.0 Å². The molecule has 0 aliphatic carbocycles. The zero-order chi connectivity index (χ0) is 15.0. The van der Waals surface area contributed by atoms with Crippen molar-refractivity contribution < 1.29 is 9.59 Å². The molecule has 0 aromatic heterocycles. The minimum atomic E-state index is -0.0960. The van der Waals surface area contributed by atoms with Gasteiger partial charge in [-0.15, -0.1) is 0 Å². The van der Waals surface area contributed by atoms with Crippen molar-refractivity contribution in [2.24, 2.45) is 0 Å². The summed E-state index contributed by atoms with van der Waals surface area (Å²) in [6.07, 6.45) is 1.54. The molecule has 0 bridgehead atoms. The highest BCUT2D eigenvalue weighted by Gasteiger charge is 2.29. The van der Waals surface area contributed by atoms with Gasteiger partial charge in [0.15, 0.2) is 5.78 Å². The number of carbonyl (C=O) groups excluding carboxylic acids is 2. The second kappa shape index (κ2) is 5.02. The van der Waals surface area contributed by atoms with E-state index in [2.05, 4.69) is 0 Å². The number of fused-ring (bicyclic) bond motifs is 1. The molecule has 0 saturated carbocycles. The molecule has 2 aromatic rings. The predicted molar refractivity (Wildman–Crippen MR) is 82.0 cm³/mol. The quantitative estimate of drug-likeness (QED) is 0.624.